The second-order valence-corrected chi connectivity index (χ2v) is 3.02. The van der Waals surface area contributed by atoms with Gasteiger partial charge in [0.1, 0.15) is 4.60 Å². The molecule has 1 heterocycles. The first-order valence-corrected chi connectivity index (χ1v) is 3.91. The van der Waals surface area contributed by atoms with Crippen molar-refractivity contribution in [1.29, 1.82) is 0 Å². The number of nitrogens with two attached hydrogens (primary N) is 1. The highest BCUT2D eigenvalue weighted by molar-refractivity contribution is 9.10. The van der Waals surface area contributed by atoms with Crippen molar-refractivity contribution in [2.45, 2.75) is 6.54 Å². The Morgan fingerprint density at radius 3 is 2.90 bits per heavy atom. The summed E-state index contributed by atoms with van der Waals surface area (Å²) in [4.78, 5) is 3.92. The van der Waals surface area contributed by atoms with Crippen LogP contribution in [-0.2, 0) is 6.54 Å². The van der Waals surface area contributed by atoms with Crippen LogP contribution in [0.4, 0.5) is 0 Å². The van der Waals surface area contributed by atoms with Crippen LogP contribution in [0.15, 0.2) is 16.9 Å². The standard InChI is InChI=1S/C6H6BrClN2/c7-6-1-4(2-9)5(8)3-10-6/h1,3H,2,9H2. The van der Waals surface area contributed by atoms with Gasteiger partial charge in [-0.05, 0) is 27.6 Å². The maximum Gasteiger partial charge on any atom is 0.106 e. The molecule has 0 aliphatic rings. The van der Waals surface area contributed by atoms with Crippen LogP contribution < -0.4 is 5.73 Å². The van der Waals surface area contributed by atoms with Gasteiger partial charge < -0.3 is 5.73 Å². The minimum absolute atomic E-state index is 0.444. The molecule has 0 radical (unpaired) electrons. The third-order valence-corrected chi connectivity index (χ3v) is 1.90. The SMILES string of the molecule is NCc1cc(Br)ncc1Cl. The Morgan fingerprint density at radius 1 is 1.70 bits per heavy atom. The molecule has 0 saturated heterocycles. The number of rotatable bonds is 1. The molecule has 0 saturated carbocycles. The number of hydrogen-bond donors (Lipinski definition) is 1. The number of pyridine rings is 1. The zero-order valence-corrected chi connectivity index (χ0v) is 7.48. The van der Waals surface area contributed by atoms with Crippen LogP contribution >= 0.6 is 27.5 Å². The summed E-state index contributed by atoms with van der Waals surface area (Å²) in [6, 6.07) is 1.81. The maximum absolute atomic E-state index is 5.73. The summed E-state index contributed by atoms with van der Waals surface area (Å²) < 4.78 is 0.761. The van der Waals surface area contributed by atoms with E-state index in [1.165, 1.54) is 0 Å². The van der Waals surface area contributed by atoms with Gasteiger partial charge in [0.15, 0.2) is 0 Å². The van der Waals surface area contributed by atoms with E-state index in [4.69, 9.17) is 17.3 Å². The highest BCUT2D eigenvalue weighted by Crippen LogP contribution is 2.17. The Kier molecular flexibility index (Phi) is 2.65. The molecule has 0 fully saturated rings. The molecule has 2 nitrogen and oxygen atoms in total. The van der Waals surface area contributed by atoms with Gasteiger partial charge >= 0.3 is 0 Å². The zero-order chi connectivity index (χ0) is 7.56. The zero-order valence-electron chi connectivity index (χ0n) is 5.14. The molecule has 1 aromatic rings. The molecular weight excluding hydrogens is 215 g/mol. The molecular formula is C6H6BrClN2. The highest BCUT2D eigenvalue weighted by atomic mass is 79.9. The summed E-state index contributed by atoms with van der Waals surface area (Å²) in [7, 11) is 0. The van der Waals surface area contributed by atoms with Crippen molar-refractivity contribution >= 4 is 27.5 Å². The first kappa shape index (κ1) is 7.98. The van der Waals surface area contributed by atoms with Gasteiger partial charge in [-0.2, -0.15) is 0 Å². The van der Waals surface area contributed by atoms with Crippen LogP contribution in [0.25, 0.3) is 0 Å². The smallest absolute Gasteiger partial charge is 0.106 e. The van der Waals surface area contributed by atoms with Gasteiger partial charge in [0.05, 0.1) is 5.02 Å². The quantitative estimate of drug-likeness (QED) is 0.736. The van der Waals surface area contributed by atoms with Gasteiger partial charge in [-0.3, -0.25) is 0 Å². The highest BCUT2D eigenvalue weighted by Gasteiger charge is 1.97. The monoisotopic (exact) mass is 220 g/mol. The maximum atomic E-state index is 5.73. The van der Waals surface area contributed by atoms with Crippen LogP contribution in [0.5, 0.6) is 0 Å². The lowest BCUT2D eigenvalue weighted by Gasteiger charge is -1.98. The molecule has 0 spiro atoms. The fourth-order valence-corrected chi connectivity index (χ4v) is 1.17. The largest absolute Gasteiger partial charge is 0.326 e. The van der Waals surface area contributed by atoms with E-state index >= 15 is 0 Å². The van der Waals surface area contributed by atoms with Gasteiger partial charge in [0.25, 0.3) is 0 Å². The number of aromatic nitrogens is 1. The summed E-state index contributed by atoms with van der Waals surface area (Å²) in [5, 5.41) is 0.616. The van der Waals surface area contributed by atoms with E-state index in [-0.39, 0.29) is 0 Å². The summed E-state index contributed by atoms with van der Waals surface area (Å²) in [5.74, 6) is 0. The average Bonchev–Trinajstić information content (AvgIpc) is 1.94. The van der Waals surface area contributed by atoms with Crippen LogP contribution in [0.1, 0.15) is 5.56 Å². The summed E-state index contributed by atoms with van der Waals surface area (Å²) >= 11 is 8.94. The first-order valence-electron chi connectivity index (χ1n) is 2.74. The van der Waals surface area contributed by atoms with Gasteiger partial charge in [0.2, 0.25) is 0 Å². The normalized spacial score (nSPS) is 9.90. The molecule has 0 atom stereocenters. The molecule has 54 valence electrons. The Bertz CT molecular complexity index is 239. The molecule has 0 bridgehead atoms. The first-order chi connectivity index (χ1) is 4.74. The molecule has 1 aromatic heterocycles. The fraction of sp³-hybridized carbons (Fsp3) is 0.167. The Morgan fingerprint density at radius 2 is 2.40 bits per heavy atom. The van der Waals surface area contributed by atoms with E-state index in [2.05, 4.69) is 20.9 Å². The molecule has 0 amide bonds. The Balaban J connectivity index is 3.09. The van der Waals surface area contributed by atoms with Crippen LogP contribution in [0.2, 0.25) is 5.02 Å². The fourth-order valence-electron chi connectivity index (χ4n) is 0.608. The second kappa shape index (κ2) is 3.32. The number of hydrogen-bond acceptors (Lipinski definition) is 2. The van der Waals surface area contributed by atoms with Crippen molar-refractivity contribution in [3.8, 4) is 0 Å². The Hall–Kier alpha value is -0.120. The predicted molar refractivity (Wildman–Crippen MR) is 44.8 cm³/mol. The van der Waals surface area contributed by atoms with Crippen molar-refractivity contribution in [2.24, 2.45) is 5.73 Å². The Labute approximate surface area is 72.5 Å². The second-order valence-electron chi connectivity index (χ2n) is 1.80. The molecule has 10 heavy (non-hydrogen) atoms. The van der Waals surface area contributed by atoms with E-state index in [1.54, 1.807) is 6.20 Å². The lowest BCUT2D eigenvalue weighted by molar-refractivity contribution is 1.05. The average molecular weight is 221 g/mol. The lowest BCUT2D eigenvalue weighted by atomic mass is 10.3. The minimum Gasteiger partial charge on any atom is -0.326 e. The van der Waals surface area contributed by atoms with E-state index < -0.39 is 0 Å². The van der Waals surface area contributed by atoms with Crippen molar-refractivity contribution in [2.75, 3.05) is 0 Å². The van der Waals surface area contributed by atoms with Gasteiger partial charge in [0, 0.05) is 12.7 Å². The van der Waals surface area contributed by atoms with Crippen LogP contribution in [0.3, 0.4) is 0 Å². The van der Waals surface area contributed by atoms with Crippen molar-refractivity contribution in [1.82, 2.24) is 4.98 Å². The molecule has 1 rings (SSSR count). The molecule has 0 aliphatic carbocycles. The molecule has 0 aliphatic heterocycles. The summed E-state index contributed by atoms with van der Waals surface area (Å²) in [6.45, 7) is 0.444. The lowest BCUT2D eigenvalue weighted by Crippen LogP contribution is -1.97. The molecule has 2 N–H and O–H groups in total. The molecule has 0 aromatic carbocycles. The van der Waals surface area contributed by atoms with E-state index in [0.29, 0.717) is 11.6 Å². The van der Waals surface area contributed by atoms with Crippen molar-refractivity contribution < 1.29 is 0 Å². The van der Waals surface area contributed by atoms with Gasteiger partial charge in [-0.15, -0.1) is 0 Å². The number of halogens is 2. The van der Waals surface area contributed by atoms with Crippen LogP contribution in [0, 0.1) is 0 Å². The summed E-state index contributed by atoms with van der Waals surface area (Å²) in [5.41, 5.74) is 6.29. The van der Waals surface area contributed by atoms with Crippen LogP contribution in [-0.4, -0.2) is 4.98 Å². The third kappa shape index (κ3) is 1.68. The van der Waals surface area contributed by atoms with E-state index in [1.807, 2.05) is 6.07 Å². The van der Waals surface area contributed by atoms with Gasteiger partial charge in [-0.25, -0.2) is 4.98 Å². The van der Waals surface area contributed by atoms with E-state index in [9.17, 15) is 0 Å². The molecule has 4 heteroatoms. The molecule has 0 unspecified atom stereocenters. The van der Waals surface area contributed by atoms with Crippen molar-refractivity contribution in [3.63, 3.8) is 0 Å². The third-order valence-electron chi connectivity index (χ3n) is 1.12. The van der Waals surface area contributed by atoms with Crippen molar-refractivity contribution in [3.05, 3.63) is 27.5 Å². The predicted octanol–water partition coefficient (Wildman–Crippen LogP) is 1.96. The number of nitrogens with zero attached hydrogens (tertiary/aromatic N) is 1. The van der Waals surface area contributed by atoms with E-state index in [0.717, 1.165) is 10.2 Å². The minimum atomic E-state index is 0.444. The van der Waals surface area contributed by atoms with Gasteiger partial charge in [-0.1, -0.05) is 11.6 Å². The summed E-state index contributed by atoms with van der Waals surface area (Å²) in [6.07, 6.45) is 1.58. The topological polar surface area (TPSA) is 38.9 Å².